The van der Waals surface area contributed by atoms with Crippen LogP contribution in [0.2, 0.25) is 0 Å². The number of carbonyl (C=O) groups is 1. The van der Waals surface area contributed by atoms with Gasteiger partial charge in [0, 0.05) is 28.6 Å². The molecule has 0 bridgehead atoms. The van der Waals surface area contributed by atoms with Gasteiger partial charge >= 0.3 is 0 Å². The minimum atomic E-state index is -0.450. The molecule has 4 unspecified atom stereocenters. The van der Waals surface area contributed by atoms with Gasteiger partial charge < -0.3 is 15.8 Å². The molecule has 1 saturated heterocycles. The molecule has 20 heavy (non-hydrogen) atoms. The molecule has 0 spiro atoms. The molecule has 1 heterocycles. The lowest BCUT2D eigenvalue weighted by Crippen LogP contribution is -2.72. The van der Waals surface area contributed by atoms with Crippen LogP contribution in [0.1, 0.15) is 23.2 Å². The second kappa shape index (κ2) is 5.42. The van der Waals surface area contributed by atoms with Crippen LogP contribution in [-0.4, -0.2) is 30.7 Å². The number of halogens is 2. The SMILES string of the molecule is NC1C2CCCOC2C1NC(=O)c1cc(F)cc(Br)c1. The number of ether oxygens (including phenoxy) is 1. The number of benzene rings is 1. The molecule has 1 amide bonds. The summed E-state index contributed by atoms with van der Waals surface area (Å²) in [6.07, 6.45) is 2.07. The smallest absolute Gasteiger partial charge is 0.251 e. The lowest BCUT2D eigenvalue weighted by Gasteiger charge is -2.52. The molecular formula is C14H16BrFN2O2. The molecule has 1 aliphatic heterocycles. The Morgan fingerprint density at radius 1 is 1.45 bits per heavy atom. The summed E-state index contributed by atoms with van der Waals surface area (Å²) in [6.45, 7) is 0.714. The van der Waals surface area contributed by atoms with Crippen LogP contribution >= 0.6 is 15.9 Å². The molecule has 0 radical (unpaired) electrons. The van der Waals surface area contributed by atoms with Gasteiger partial charge in [-0.2, -0.15) is 0 Å². The van der Waals surface area contributed by atoms with E-state index >= 15 is 0 Å². The topological polar surface area (TPSA) is 64.3 Å². The fraction of sp³-hybridized carbons (Fsp3) is 0.500. The lowest BCUT2D eigenvalue weighted by molar-refractivity contribution is -0.117. The van der Waals surface area contributed by atoms with E-state index in [1.165, 1.54) is 12.1 Å². The van der Waals surface area contributed by atoms with Crippen molar-refractivity contribution in [1.82, 2.24) is 5.32 Å². The van der Waals surface area contributed by atoms with E-state index < -0.39 is 5.82 Å². The lowest BCUT2D eigenvalue weighted by atomic mass is 9.68. The first-order valence-electron chi connectivity index (χ1n) is 6.70. The van der Waals surface area contributed by atoms with Crippen molar-refractivity contribution in [3.05, 3.63) is 34.1 Å². The first-order chi connectivity index (χ1) is 9.56. The maximum absolute atomic E-state index is 13.3. The van der Waals surface area contributed by atoms with E-state index in [2.05, 4.69) is 21.2 Å². The molecule has 4 nitrogen and oxygen atoms in total. The zero-order valence-corrected chi connectivity index (χ0v) is 12.4. The molecule has 2 aliphatic rings. The Balaban J connectivity index is 1.70. The molecule has 6 heteroatoms. The second-order valence-corrected chi connectivity index (χ2v) is 6.29. The summed E-state index contributed by atoms with van der Waals surface area (Å²) in [5.41, 5.74) is 6.37. The fourth-order valence-corrected chi connectivity index (χ4v) is 3.51. The number of fused-ring (bicyclic) bond motifs is 1. The average Bonchev–Trinajstić information content (AvgIpc) is 2.43. The molecule has 1 aromatic rings. The van der Waals surface area contributed by atoms with E-state index in [0.29, 0.717) is 17.0 Å². The van der Waals surface area contributed by atoms with Crippen LogP contribution in [-0.2, 0) is 4.74 Å². The van der Waals surface area contributed by atoms with E-state index in [1.54, 1.807) is 6.07 Å². The Bertz CT molecular complexity index is 520. The summed E-state index contributed by atoms with van der Waals surface area (Å²) < 4.78 is 19.5. The monoisotopic (exact) mass is 342 g/mol. The Labute approximate surface area is 125 Å². The van der Waals surface area contributed by atoms with Crippen molar-refractivity contribution in [2.45, 2.75) is 31.0 Å². The number of amides is 1. The van der Waals surface area contributed by atoms with Crippen LogP contribution < -0.4 is 11.1 Å². The van der Waals surface area contributed by atoms with Crippen LogP contribution in [0.3, 0.4) is 0 Å². The Morgan fingerprint density at radius 2 is 2.25 bits per heavy atom. The molecule has 1 aromatic carbocycles. The van der Waals surface area contributed by atoms with Crippen molar-refractivity contribution in [2.75, 3.05) is 6.61 Å². The highest BCUT2D eigenvalue weighted by Crippen LogP contribution is 2.37. The normalized spacial score (nSPS) is 32.1. The van der Waals surface area contributed by atoms with E-state index in [4.69, 9.17) is 10.5 Å². The number of nitrogens with two attached hydrogens (primary N) is 1. The maximum atomic E-state index is 13.3. The summed E-state index contributed by atoms with van der Waals surface area (Å²) in [5, 5.41) is 2.86. The van der Waals surface area contributed by atoms with Crippen LogP contribution in [0, 0.1) is 11.7 Å². The third kappa shape index (κ3) is 2.47. The predicted molar refractivity (Wildman–Crippen MR) is 75.8 cm³/mol. The number of rotatable bonds is 2. The minimum absolute atomic E-state index is 0.000278. The first-order valence-corrected chi connectivity index (χ1v) is 7.50. The summed E-state index contributed by atoms with van der Waals surface area (Å²) >= 11 is 3.18. The fourth-order valence-electron chi connectivity index (χ4n) is 3.05. The van der Waals surface area contributed by atoms with Gasteiger partial charge in [-0.15, -0.1) is 0 Å². The molecule has 3 rings (SSSR count). The largest absolute Gasteiger partial charge is 0.376 e. The van der Waals surface area contributed by atoms with Gasteiger partial charge in [0.2, 0.25) is 0 Å². The van der Waals surface area contributed by atoms with Crippen LogP contribution in [0.4, 0.5) is 4.39 Å². The maximum Gasteiger partial charge on any atom is 0.251 e. The highest BCUT2D eigenvalue weighted by molar-refractivity contribution is 9.10. The number of hydrogen-bond donors (Lipinski definition) is 2. The zero-order chi connectivity index (χ0) is 14.3. The highest BCUT2D eigenvalue weighted by atomic mass is 79.9. The van der Waals surface area contributed by atoms with E-state index in [-0.39, 0.29) is 29.7 Å². The number of carbonyl (C=O) groups excluding carboxylic acids is 1. The Hall–Kier alpha value is -0.980. The quantitative estimate of drug-likeness (QED) is 0.861. The third-order valence-corrected chi connectivity index (χ3v) is 4.56. The van der Waals surface area contributed by atoms with Crippen LogP contribution in [0.25, 0.3) is 0 Å². The van der Waals surface area contributed by atoms with Gasteiger partial charge in [0.1, 0.15) is 5.82 Å². The van der Waals surface area contributed by atoms with Crippen LogP contribution in [0.15, 0.2) is 22.7 Å². The van der Waals surface area contributed by atoms with Crippen molar-refractivity contribution in [2.24, 2.45) is 11.7 Å². The van der Waals surface area contributed by atoms with Crippen molar-refractivity contribution in [1.29, 1.82) is 0 Å². The van der Waals surface area contributed by atoms with Crippen molar-refractivity contribution >= 4 is 21.8 Å². The van der Waals surface area contributed by atoms with Crippen molar-refractivity contribution in [3.8, 4) is 0 Å². The van der Waals surface area contributed by atoms with Gasteiger partial charge in [0.15, 0.2) is 0 Å². The Kier molecular flexibility index (Phi) is 3.79. The third-order valence-electron chi connectivity index (χ3n) is 4.10. The van der Waals surface area contributed by atoms with E-state index in [1.807, 2.05) is 0 Å². The number of hydrogen-bond acceptors (Lipinski definition) is 3. The predicted octanol–water partition coefficient (Wildman–Crippen LogP) is 1.82. The molecule has 0 aromatic heterocycles. The molecule has 2 fully saturated rings. The summed E-state index contributed by atoms with van der Waals surface area (Å²) in [5.74, 6) is -0.444. The summed E-state index contributed by atoms with van der Waals surface area (Å²) in [6, 6.07) is 3.84. The van der Waals surface area contributed by atoms with Crippen molar-refractivity contribution in [3.63, 3.8) is 0 Å². The standard InChI is InChI=1S/C14H16BrFN2O2/c15-8-4-7(5-9(16)6-8)14(19)18-12-11(17)10-2-1-3-20-13(10)12/h4-6,10-13H,1-3,17H2,(H,18,19). The Morgan fingerprint density at radius 3 is 3.00 bits per heavy atom. The van der Waals surface area contributed by atoms with Crippen LogP contribution in [0.5, 0.6) is 0 Å². The summed E-state index contributed by atoms with van der Waals surface area (Å²) in [4.78, 5) is 12.2. The minimum Gasteiger partial charge on any atom is -0.376 e. The zero-order valence-electron chi connectivity index (χ0n) is 10.8. The molecule has 4 atom stereocenters. The van der Waals surface area contributed by atoms with E-state index in [9.17, 15) is 9.18 Å². The molecule has 3 N–H and O–H groups in total. The van der Waals surface area contributed by atoms with Gasteiger partial charge in [-0.1, -0.05) is 15.9 Å². The summed E-state index contributed by atoms with van der Waals surface area (Å²) in [7, 11) is 0. The van der Waals surface area contributed by atoms with Crippen molar-refractivity contribution < 1.29 is 13.9 Å². The first kappa shape index (κ1) is 14.0. The number of nitrogens with one attached hydrogen (secondary N) is 1. The molecular weight excluding hydrogens is 327 g/mol. The second-order valence-electron chi connectivity index (χ2n) is 5.38. The van der Waals surface area contributed by atoms with Gasteiger partial charge in [-0.05, 0) is 31.0 Å². The molecule has 108 valence electrons. The molecule has 1 aliphatic carbocycles. The van der Waals surface area contributed by atoms with Gasteiger partial charge in [0.25, 0.3) is 5.91 Å². The van der Waals surface area contributed by atoms with Gasteiger partial charge in [-0.25, -0.2) is 4.39 Å². The average molecular weight is 343 g/mol. The highest BCUT2D eigenvalue weighted by Gasteiger charge is 2.51. The van der Waals surface area contributed by atoms with Gasteiger partial charge in [0.05, 0.1) is 12.1 Å². The van der Waals surface area contributed by atoms with Gasteiger partial charge in [-0.3, -0.25) is 4.79 Å². The van der Waals surface area contributed by atoms with E-state index in [0.717, 1.165) is 12.8 Å². The molecule has 1 saturated carbocycles.